The number of hydrogen-bond acceptors (Lipinski definition) is 3. The molecule has 1 aromatic heterocycles. The van der Waals surface area contributed by atoms with E-state index in [-0.39, 0.29) is 17.4 Å². The number of amides is 1. The first kappa shape index (κ1) is 13.2. The molecule has 4 nitrogen and oxygen atoms in total. The van der Waals surface area contributed by atoms with Crippen molar-refractivity contribution in [3.63, 3.8) is 0 Å². The standard InChI is InChI=1S/C17H23N3O/c21-16(17-10-13(17)11-17)20-14(15-18-7-4-8-19-15)9-12-5-2-1-3-6-12/h4,7-8,12-14H,1-3,5-6,9-11H2,(H,20,21). The first-order valence-electron chi connectivity index (χ1n) is 8.36. The molecule has 0 spiro atoms. The van der Waals surface area contributed by atoms with Crippen LogP contribution in [0.5, 0.6) is 0 Å². The van der Waals surface area contributed by atoms with Crippen molar-refractivity contribution in [2.75, 3.05) is 0 Å². The summed E-state index contributed by atoms with van der Waals surface area (Å²) in [6.45, 7) is 0. The molecule has 1 aromatic rings. The van der Waals surface area contributed by atoms with Gasteiger partial charge in [-0.05, 0) is 37.2 Å². The highest BCUT2D eigenvalue weighted by Gasteiger charge is 2.74. The summed E-state index contributed by atoms with van der Waals surface area (Å²) in [5, 5.41) is 3.26. The van der Waals surface area contributed by atoms with Crippen LogP contribution in [-0.4, -0.2) is 15.9 Å². The molecule has 0 radical (unpaired) electrons. The van der Waals surface area contributed by atoms with Crippen LogP contribution >= 0.6 is 0 Å². The normalized spacial score (nSPS) is 32.1. The first-order valence-corrected chi connectivity index (χ1v) is 8.36. The van der Waals surface area contributed by atoms with Gasteiger partial charge < -0.3 is 5.32 Å². The van der Waals surface area contributed by atoms with Crippen LogP contribution in [0.4, 0.5) is 0 Å². The number of carbonyl (C=O) groups excluding carboxylic acids is 1. The van der Waals surface area contributed by atoms with Crippen LogP contribution in [0.15, 0.2) is 18.5 Å². The summed E-state index contributed by atoms with van der Waals surface area (Å²) in [5.74, 6) is 2.43. The maximum absolute atomic E-state index is 12.4. The van der Waals surface area contributed by atoms with Crippen LogP contribution in [0.1, 0.15) is 63.2 Å². The van der Waals surface area contributed by atoms with Gasteiger partial charge >= 0.3 is 0 Å². The Hall–Kier alpha value is -1.45. The topological polar surface area (TPSA) is 54.9 Å². The van der Waals surface area contributed by atoms with Gasteiger partial charge in [-0.25, -0.2) is 9.97 Å². The first-order chi connectivity index (χ1) is 10.3. The average molecular weight is 285 g/mol. The van der Waals surface area contributed by atoms with E-state index in [9.17, 15) is 4.79 Å². The third-order valence-corrected chi connectivity index (χ3v) is 5.63. The molecule has 0 aliphatic heterocycles. The number of hydrogen-bond donors (Lipinski definition) is 1. The molecule has 3 fully saturated rings. The smallest absolute Gasteiger partial charge is 0.227 e. The molecule has 3 aliphatic carbocycles. The third kappa shape index (κ3) is 2.56. The molecule has 1 heterocycles. The highest BCUT2D eigenvalue weighted by Crippen LogP contribution is 2.75. The quantitative estimate of drug-likeness (QED) is 0.904. The number of aromatic nitrogens is 2. The van der Waals surface area contributed by atoms with Crippen molar-refractivity contribution in [1.82, 2.24) is 15.3 Å². The molecule has 4 rings (SSSR count). The van der Waals surface area contributed by atoms with E-state index in [2.05, 4.69) is 15.3 Å². The molecule has 0 saturated heterocycles. The SMILES string of the molecule is O=C(NC(CC1CCCCC1)c1ncccn1)C12CC1C2. The van der Waals surface area contributed by atoms with Gasteiger partial charge in [0.05, 0.1) is 11.5 Å². The minimum absolute atomic E-state index is 0.00183. The van der Waals surface area contributed by atoms with Crippen LogP contribution in [0.2, 0.25) is 0 Å². The van der Waals surface area contributed by atoms with Gasteiger partial charge in [0.25, 0.3) is 0 Å². The zero-order valence-electron chi connectivity index (χ0n) is 12.4. The summed E-state index contributed by atoms with van der Waals surface area (Å²) in [5.41, 5.74) is 0.0274. The second-order valence-electron chi connectivity index (χ2n) is 7.13. The predicted octanol–water partition coefficient (Wildman–Crippen LogP) is 3.01. The summed E-state index contributed by atoms with van der Waals surface area (Å²) >= 11 is 0. The lowest BCUT2D eigenvalue weighted by Gasteiger charge is -2.26. The van der Waals surface area contributed by atoms with Gasteiger partial charge in [0.1, 0.15) is 5.82 Å². The second-order valence-corrected chi connectivity index (χ2v) is 7.13. The Labute approximate surface area is 125 Å². The lowest BCUT2D eigenvalue weighted by Crippen LogP contribution is -2.34. The van der Waals surface area contributed by atoms with Gasteiger partial charge in [-0.2, -0.15) is 0 Å². The second kappa shape index (κ2) is 5.08. The van der Waals surface area contributed by atoms with E-state index in [1.807, 2.05) is 6.07 Å². The van der Waals surface area contributed by atoms with E-state index in [0.29, 0.717) is 11.8 Å². The van der Waals surface area contributed by atoms with Crippen molar-refractivity contribution in [3.8, 4) is 0 Å². The van der Waals surface area contributed by atoms with E-state index in [1.165, 1.54) is 32.1 Å². The summed E-state index contributed by atoms with van der Waals surface area (Å²) in [4.78, 5) is 21.2. The Kier molecular flexibility index (Phi) is 3.20. The average Bonchev–Trinajstić information content (AvgIpc) is 3.38. The highest BCUT2D eigenvalue weighted by molar-refractivity contribution is 5.90. The van der Waals surface area contributed by atoms with Gasteiger partial charge in [0.15, 0.2) is 0 Å². The zero-order chi connectivity index (χ0) is 14.3. The highest BCUT2D eigenvalue weighted by atomic mass is 16.2. The van der Waals surface area contributed by atoms with Gasteiger partial charge in [0.2, 0.25) is 5.91 Å². The lowest BCUT2D eigenvalue weighted by atomic mass is 9.84. The third-order valence-electron chi connectivity index (χ3n) is 5.63. The fourth-order valence-electron chi connectivity index (χ4n) is 3.85. The Morgan fingerprint density at radius 3 is 2.52 bits per heavy atom. The van der Waals surface area contributed by atoms with Gasteiger partial charge in [0, 0.05) is 12.4 Å². The van der Waals surface area contributed by atoms with Crippen molar-refractivity contribution in [3.05, 3.63) is 24.3 Å². The summed E-state index contributed by atoms with van der Waals surface area (Å²) in [7, 11) is 0. The summed E-state index contributed by atoms with van der Waals surface area (Å²) in [6, 6.07) is 1.83. The molecule has 3 aliphatic rings. The molecule has 4 heteroatoms. The van der Waals surface area contributed by atoms with Crippen LogP contribution in [-0.2, 0) is 4.79 Å². The molecule has 1 unspecified atom stereocenters. The van der Waals surface area contributed by atoms with Gasteiger partial charge in [-0.15, -0.1) is 0 Å². The molecule has 1 atom stereocenters. The van der Waals surface area contributed by atoms with Crippen molar-refractivity contribution >= 4 is 5.91 Å². The van der Waals surface area contributed by atoms with Crippen LogP contribution in [0.25, 0.3) is 0 Å². The molecule has 21 heavy (non-hydrogen) atoms. The van der Waals surface area contributed by atoms with Crippen LogP contribution < -0.4 is 5.32 Å². The van der Waals surface area contributed by atoms with Crippen LogP contribution in [0.3, 0.4) is 0 Å². The number of carbonyl (C=O) groups is 1. The molecular formula is C17H23N3O. The minimum atomic E-state index is -0.00183. The molecule has 3 saturated carbocycles. The van der Waals surface area contributed by atoms with Crippen molar-refractivity contribution in [2.45, 2.75) is 57.4 Å². The van der Waals surface area contributed by atoms with E-state index in [0.717, 1.165) is 25.1 Å². The largest absolute Gasteiger partial charge is 0.346 e. The Bertz CT molecular complexity index is 518. The number of nitrogens with one attached hydrogen (secondary N) is 1. The summed E-state index contributed by atoms with van der Waals surface area (Å²) < 4.78 is 0. The fraction of sp³-hybridized carbons (Fsp3) is 0.706. The Morgan fingerprint density at radius 2 is 1.90 bits per heavy atom. The van der Waals surface area contributed by atoms with E-state index < -0.39 is 0 Å². The van der Waals surface area contributed by atoms with Crippen molar-refractivity contribution in [2.24, 2.45) is 17.3 Å². The van der Waals surface area contributed by atoms with Crippen LogP contribution in [0, 0.1) is 17.3 Å². The number of rotatable bonds is 5. The monoisotopic (exact) mass is 285 g/mol. The maximum Gasteiger partial charge on any atom is 0.227 e. The van der Waals surface area contributed by atoms with E-state index in [4.69, 9.17) is 0 Å². The van der Waals surface area contributed by atoms with Gasteiger partial charge in [-0.1, -0.05) is 32.1 Å². The Morgan fingerprint density at radius 1 is 1.24 bits per heavy atom. The minimum Gasteiger partial charge on any atom is -0.346 e. The summed E-state index contributed by atoms with van der Waals surface area (Å²) in [6.07, 6.45) is 13.3. The lowest BCUT2D eigenvalue weighted by molar-refractivity contribution is -0.125. The molecular weight excluding hydrogens is 262 g/mol. The predicted molar refractivity (Wildman–Crippen MR) is 79.3 cm³/mol. The molecule has 0 bridgehead atoms. The molecule has 1 N–H and O–H groups in total. The molecule has 112 valence electrons. The van der Waals surface area contributed by atoms with Crippen molar-refractivity contribution in [1.29, 1.82) is 0 Å². The fourth-order valence-corrected chi connectivity index (χ4v) is 3.85. The van der Waals surface area contributed by atoms with Crippen molar-refractivity contribution < 1.29 is 4.79 Å². The zero-order valence-corrected chi connectivity index (χ0v) is 12.4. The molecule has 0 aromatic carbocycles. The van der Waals surface area contributed by atoms with E-state index >= 15 is 0 Å². The number of nitrogens with zero attached hydrogens (tertiary/aromatic N) is 2. The Balaban J connectivity index is 1.46. The van der Waals surface area contributed by atoms with Gasteiger partial charge in [-0.3, -0.25) is 4.79 Å². The molecule has 1 amide bonds. The maximum atomic E-state index is 12.4. The van der Waals surface area contributed by atoms with E-state index in [1.54, 1.807) is 12.4 Å². The number of fused-ring (bicyclic) bond motifs is 1.